The average Bonchev–Trinajstić information content (AvgIpc) is 2.34. The molecule has 4 nitrogen and oxygen atoms in total. The van der Waals surface area contributed by atoms with Crippen molar-refractivity contribution in [1.29, 1.82) is 0 Å². The van der Waals surface area contributed by atoms with Crippen molar-refractivity contribution >= 4 is 21.4 Å². The van der Waals surface area contributed by atoms with Gasteiger partial charge < -0.3 is 4.90 Å². The largest absolute Gasteiger partial charge is 0.308 e. The summed E-state index contributed by atoms with van der Waals surface area (Å²) in [7, 11) is -3.38. The van der Waals surface area contributed by atoms with Crippen LogP contribution in [0.2, 0.25) is 0 Å². The Labute approximate surface area is 121 Å². The highest BCUT2D eigenvalue weighted by Crippen LogP contribution is 2.14. The quantitative estimate of drug-likeness (QED) is 0.725. The maximum atomic E-state index is 12.2. The van der Waals surface area contributed by atoms with E-state index in [2.05, 4.69) is 6.58 Å². The van der Waals surface area contributed by atoms with E-state index < -0.39 is 21.5 Å². The van der Waals surface area contributed by atoms with Crippen molar-refractivity contribution in [3.05, 3.63) is 43.0 Å². The van der Waals surface area contributed by atoms with Gasteiger partial charge in [-0.3, -0.25) is 4.79 Å². The fraction of sp³-hybridized carbons (Fsp3) is 0.400. The first-order chi connectivity index (χ1) is 9.35. The Morgan fingerprint density at radius 3 is 2.40 bits per heavy atom. The molecule has 0 bridgehead atoms. The molecule has 0 aliphatic rings. The first-order valence-electron chi connectivity index (χ1n) is 6.52. The summed E-state index contributed by atoms with van der Waals surface area (Å²) in [5.74, 6) is -0.849. The third-order valence-corrected chi connectivity index (χ3v) is 4.47. The van der Waals surface area contributed by atoms with Gasteiger partial charge >= 0.3 is 0 Å². The minimum absolute atomic E-state index is 0.0115. The third kappa shape index (κ3) is 5.17. The number of carbonyl (C=O) groups excluding carboxylic acids is 1. The summed E-state index contributed by atoms with van der Waals surface area (Å²) in [6.45, 7) is 7.54. The summed E-state index contributed by atoms with van der Waals surface area (Å²) >= 11 is 0. The van der Waals surface area contributed by atoms with Crippen molar-refractivity contribution in [3.63, 3.8) is 0 Å². The van der Waals surface area contributed by atoms with Crippen LogP contribution in [-0.4, -0.2) is 32.4 Å². The molecule has 0 spiro atoms. The highest BCUT2D eigenvalue weighted by Gasteiger charge is 2.23. The van der Waals surface area contributed by atoms with Gasteiger partial charge in [-0.1, -0.05) is 38.1 Å². The van der Waals surface area contributed by atoms with Crippen LogP contribution in [0.1, 0.15) is 13.8 Å². The van der Waals surface area contributed by atoms with Crippen LogP contribution in [0.3, 0.4) is 0 Å². The normalized spacial score (nSPS) is 11.3. The lowest BCUT2D eigenvalue weighted by atomic mass is 10.3. The zero-order valence-electron chi connectivity index (χ0n) is 12.0. The average molecular weight is 295 g/mol. The van der Waals surface area contributed by atoms with Crippen molar-refractivity contribution in [1.82, 2.24) is 0 Å². The first kappa shape index (κ1) is 16.4. The maximum absolute atomic E-state index is 12.2. The monoisotopic (exact) mass is 295 g/mol. The lowest BCUT2D eigenvalue weighted by Crippen LogP contribution is -2.37. The molecule has 0 heterocycles. The topological polar surface area (TPSA) is 54.5 Å². The van der Waals surface area contributed by atoms with Crippen LogP contribution < -0.4 is 4.90 Å². The van der Waals surface area contributed by atoms with Gasteiger partial charge in [0.15, 0.2) is 9.84 Å². The second-order valence-corrected chi connectivity index (χ2v) is 7.19. The summed E-state index contributed by atoms with van der Waals surface area (Å²) in [6.07, 6.45) is 1.58. The van der Waals surface area contributed by atoms with Crippen molar-refractivity contribution in [2.45, 2.75) is 13.8 Å². The zero-order valence-corrected chi connectivity index (χ0v) is 12.8. The second kappa shape index (κ2) is 7.24. The van der Waals surface area contributed by atoms with Crippen LogP contribution >= 0.6 is 0 Å². The number of nitrogens with zero attached hydrogens (tertiary/aromatic N) is 1. The molecule has 0 radical (unpaired) electrons. The molecule has 0 unspecified atom stereocenters. The van der Waals surface area contributed by atoms with Gasteiger partial charge in [-0.25, -0.2) is 8.42 Å². The number of benzene rings is 1. The van der Waals surface area contributed by atoms with Crippen LogP contribution in [0.15, 0.2) is 43.0 Å². The highest BCUT2D eigenvalue weighted by atomic mass is 32.2. The molecular formula is C15H21NO3S. The summed E-state index contributed by atoms with van der Waals surface area (Å²) in [5, 5.41) is 0. The summed E-state index contributed by atoms with van der Waals surface area (Å²) in [4.78, 5) is 13.7. The van der Waals surface area contributed by atoms with Crippen LogP contribution in [-0.2, 0) is 14.6 Å². The maximum Gasteiger partial charge on any atom is 0.242 e. The number of para-hydroxylation sites is 1. The summed E-state index contributed by atoms with van der Waals surface area (Å²) < 4.78 is 23.8. The van der Waals surface area contributed by atoms with E-state index in [9.17, 15) is 13.2 Å². The molecule has 0 atom stereocenters. The number of rotatable bonds is 7. The fourth-order valence-electron chi connectivity index (χ4n) is 1.92. The molecule has 110 valence electrons. The zero-order chi connectivity index (χ0) is 15.2. The van der Waals surface area contributed by atoms with Gasteiger partial charge in [-0.2, -0.15) is 0 Å². The SMILES string of the molecule is C=CCN(C(=O)CS(=O)(=O)CC(C)C)c1ccccc1. The third-order valence-electron chi connectivity index (χ3n) is 2.61. The Balaban J connectivity index is 2.88. The van der Waals surface area contributed by atoms with E-state index in [0.717, 1.165) is 0 Å². The van der Waals surface area contributed by atoms with Gasteiger partial charge in [0.25, 0.3) is 0 Å². The Kier molecular flexibility index (Phi) is 5.95. The standard InChI is InChI=1S/C15H21NO3S/c1-4-10-16(14-8-6-5-7-9-14)15(17)12-20(18,19)11-13(2)3/h4-9,13H,1,10-12H2,2-3H3. The van der Waals surface area contributed by atoms with Gasteiger partial charge in [0.1, 0.15) is 5.75 Å². The number of amides is 1. The molecule has 1 aromatic rings. The Morgan fingerprint density at radius 1 is 1.30 bits per heavy atom. The first-order valence-corrected chi connectivity index (χ1v) is 8.34. The highest BCUT2D eigenvalue weighted by molar-refractivity contribution is 7.92. The molecule has 0 aliphatic carbocycles. The van der Waals surface area contributed by atoms with Crippen LogP contribution in [0, 0.1) is 5.92 Å². The Bertz CT molecular complexity index is 550. The van der Waals surface area contributed by atoms with Crippen LogP contribution in [0.4, 0.5) is 5.69 Å². The number of sulfone groups is 1. The van der Waals surface area contributed by atoms with Gasteiger partial charge in [0, 0.05) is 12.2 Å². The number of hydrogen-bond acceptors (Lipinski definition) is 3. The Morgan fingerprint density at radius 2 is 1.90 bits per heavy atom. The molecule has 1 rings (SSSR count). The molecule has 0 aliphatic heterocycles. The summed E-state index contributed by atoms with van der Waals surface area (Å²) in [6, 6.07) is 9.01. The molecule has 0 saturated carbocycles. The number of hydrogen-bond donors (Lipinski definition) is 0. The van der Waals surface area contributed by atoms with E-state index in [0.29, 0.717) is 12.2 Å². The van der Waals surface area contributed by atoms with Crippen LogP contribution in [0.5, 0.6) is 0 Å². The molecule has 0 saturated heterocycles. The molecule has 5 heteroatoms. The van der Waals surface area contributed by atoms with Gasteiger partial charge in [0.2, 0.25) is 5.91 Å². The van der Waals surface area contributed by atoms with Gasteiger partial charge in [-0.15, -0.1) is 6.58 Å². The molecule has 1 aromatic carbocycles. The van der Waals surface area contributed by atoms with E-state index in [1.165, 1.54) is 4.90 Å². The number of carbonyl (C=O) groups is 1. The van der Waals surface area contributed by atoms with Gasteiger partial charge in [-0.05, 0) is 18.1 Å². The smallest absolute Gasteiger partial charge is 0.242 e. The molecule has 20 heavy (non-hydrogen) atoms. The van der Waals surface area contributed by atoms with Crippen molar-refractivity contribution in [2.24, 2.45) is 5.92 Å². The molecule has 1 amide bonds. The fourth-order valence-corrected chi connectivity index (χ4v) is 3.59. The lowest BCUT2D eigenvalue weighted by Gasteiger charge is -2.21. The number of anilines is 1. The van der Waals surface area contributed by atoms with Crippen LogP contribution in [0.25, 0.3) is 0 Å². The summed E-state index contributed by atoms with van der Waals surface area (Å²) in [5.41, 5.74) is 0.678. The lowest BCUT2D eigenvalue weighted by molar-refractivity contribution is -0.116. The van der Waals surface area contributed by atoms with E-state index in [4.69, 9.17) is 0 Å². The molecule has 0 N–H and O–H groups in total. The van der Waals surface area contributed by atoms with E-state index in [1.54, 1.807) is 30.3 Å². The van der Waals surface area contributed by atoms with E-state index >= 15 is 0 Å². The predicted molar refractivity (Wildman–Crippen MR) is 82.5 cm³/mol. The minimum atomic E-state index is -3.38. The van der Waals surface area contributed by atoms with Gasteiger partial charge in [0.05, 0.1) is 5.75 Å². The van der Waals surface area contributed by atoms with Crippen molar-refractivity contribution < 1.29 is 13.2 Å². The molecule has 0 fully saturated rings. The second-order valence-electron chi connectivity index (χ2n) is 5.08. The van der Waals surface area contributed by atoms with E-state index in [1.807, 2.05) is 19.9 Å². The minimum Gasteiger partial charge on any atom is -0.308 e. The van der Waals surface area contributed by atoms with E-state index in [-0.39, 0.29) is 11.7 Å². The molecular weight excluding hydrogens is 274 g/mol. The van der Waals surface area contributed by atoms with Crippen molar-refractivity contribution in [2.75, 3.05) is 23.0 Å². The Hall–Kier alpha value is -1.62. The predicted octanol–water partition coefficient (Wildman–Crippen LogP) is 2.28. The molecule has 0 aromatic heterocycles. The van der Waals surface area contributed by atoms with Crippen molar-refractivity contribution in [3.8, 4) is 0 Å².